The van der Waals surface area contributed by atoms with Gasteiger partial charge >= 0.3 is 11.9 Å². The lowest BCUT2D eigenvalue weighted by molar-refractivity contribution is 0.0686. The number of hydrogen-bond acceptors (Lipinski definition) is 4. The number of anilines is 1. The number of hydrogen-bond donors (Lipinski definition) is 3. The summed E-state index contributed by atoms with van der Waals surface area (Å²) in [6.07, 6.45) is 0. The maximum absolute atomic E-state index is 12.4. The van der Waals surface area contributed by atoms with Crippen LogP contribution in [0.4, 0.5) is 5.69 Å². The molecule has 0 spiro atoms. The Morgan fingerprint density at radius 2 is 1.57 bits per heavy atom. The van der Waals surface area contributed by atoms with E-state index in [1.807, 2.05) is 0 Å². The lowest BCUT2D eigenvalue weighted by atomic mass is 10.1. The molecule has 0 atom stereocenters. The standard InChI is InChI=1S/C15H13NO6S/c1-9-6-7-10(8-12(9)15(19)20)23(21,22)16-13-5-3-2-4-11(13)14(17)18/h2-8,16H,1H3,(H,17,18)(H,19,20). The number of nitrogens with one attached hydrogen (secondary N) is 1. The first kappa shape index (κ1) is 16.5. The Morgan fingerprint density at radius 3 is 2.17 bits per heavy atom. The van der Waals surface area contributed by atoms with E-state index in [0.717, 1.165) is 6.07 Å². The highest BCUT2D eigenvalue weighted by Gasteiger charge is 2.20. The van der Waals surface area contributed by atoms with E-state index in [9.17, 15) is 18.0 Å². The van der Waals surface area contributed by atoms with Crippen molar-refractivity contribution < 1.29 is 28.2 Å². The zero-order valence-corrected chi connectivity index (χ0v) is 12.8. The van der Waals surface area contributed by atoms with E-state index in [4.69, 9.17) is 10.2 Å². The molecular weight excluding hydrogens is 322 g/mol. The Bertz CT molecular complexity index is 889. The second-order valence-electron chi connectivity index (χ2n) is 4.74. The molecule has 0 unspecified atom stereocenters. The van der Waals surface area contributed by atoms with Crippen LogP contribution < -0.4 is 4.72 Å². The van der Waals surface area contributed by atoms with Crippen LogP contribution >= 0.6 is 0 Å². The number of carboxylic acid groups (broad SMARTS) is 2. The molecule has 0 saturated carbocycles. The molecule has 0 bridgehead atoms. The number of carbonyl (C=O) groups is 2. The number of benzene rings is 2. The molecule has 0 aromatic heterocycles. The van der Waals surface area contributed by atoms with Crippen LogP contribution in [-0.4, -0.2) is 30.6 Å². The van der Waals surface area contributed by atoms with E-state index in [1.165, 1.54) is 36.4 Å². The van der Waals surface area contributed by atoms with Gasteiger partial charge in [-0.1, -0.05) is 18.2 Å². The Morgan fingerprint density at radius 1 is 0.957 bits per heavy atom. The quantitative estimate of drug-likeness (QED) is 0.770. The van der Waals surface area contributed by atoms with Crippen LogP contribution in [0.1, 0.15) is 26.3 Å². The van der Waals surface area contributed by atoms with Crippen molar-refractivity contribution in [2.45, 2.75) is 11.8 Å². The van der Waals surface area contributed by atoms with Gasteiger partial charge in [0.25, 0.3) is 10.0 Å². The zero-order chi connectivity index (χ0) is 17.2. The highest BCUT2D eigenvalue weighted by atomic mass is 32.2. The molecule has 2 aromatic carbocycles. The second-order valence-corrected chi connectivity index (χ2v) is 6.42. The molecule has 0 amide bonds. The van der Waals surface area contributed by atoms with Gasteiger partial charge in [0.05, 0.1) is 21.7 Å². The fourth-order valence-corrected chi connectivity index (χ4v) is 3.07. The molecule has 0 saturated heterocycles. The fraction of sp³-hybridized carbons (Fsp3) is 0.0667. The van der Waals surface area contributed by atoms with Crippen molar-refractivity contribution >= 4 is 27.6 Å². The number of sulfonamides is 1. The Balaban J connectivity index is 2.47. The number of aryl methyl sites for hydroxylation is 1. The summed E-state index contributed by atoms with van der Waals surface area (Å²) in [5.74, 6) is -2.52. The van der Waals surface area contributed by atoms with Gasteiger partial charge in [-0.2, -0.15) is 0 Å². The van der Waals surface area contributed by atoms with Crippen LogP contribution in [0, 0.1) is 6.92 Å². The van der Waals surface area contributed by atoms with E-state index in [0.29, 0.717) is 5.56 Å². The van der Waals surface area contributed by atoms with E-state index in [1.54, 1.807) is 6.92 Å². The monoisotopic (exact) mass is 335 g/mol. The molecule has 120 valence electrons. The highest BCUT2D eigenvalue weighted by molar-refractivity contribution is 7.92. The van der Waals surface area contributed by atoms with Crippen molar-refractivity contribution in [2.24, 2.45) is 0 Å². The maximum atomic E-state index is 12.4. The Hall–Kier alpha value is -2.87. The predicted molar refractivity (Wildman–Crippen MR) is 82.3 cm³/mol. The molecule has 8 heteroatoms. The minimum Gasteiger partial charge on any atom is -0.478 e. The zero-order valence-electron chi connectivity index (χ0n) is 12.0. The number of para-hydroxylation sites is 1. The third kappa shape index (κ3) is 3.49. The largest absolute Gasteiger partial charge is 0.478 e. The first-order chi connectivity index (χ1) is 10.7. The van der Waals surface area contributed by atoms with E-state index in [-0.39, 0.29) is 21.7 Å². The lowest BCUT2D eigenvalue weighted by Crippen LogP contribution is -2.16. The van der Waals surface area contributed by atoms with Gasteiger partial charge in [-0.25, -0.2) is 18.0 Å². The molecule has 3 N–H and O–H groups in total. The van der Waals surface area contributed by atoms with E-state index >= 15 is 0 Å². The SMILES string of the molecule is Cc1ccc(S(=O)(=O)Nc2ccccc2C(=O)O)cc1C(=O)O. The van der Waals surface area contributed by atoms with Crippen molar-refractivity contribution in [3.63, 3.8) is 0 Å². The molecule has 0 fully saturated rings. The van der Waals surface area contributed by atoms with Gasteiger partial charge in [0.1, 0.15) is 0 Å². The number of carboxylic acids is 2. The average Bonchev–Trinajstić information content (AvgIpc) is 2.47. The van der Waals surface area contributed by atoms with Gasteiger partial charge in [-0.05, 0) is 36.8 Å². The van der Waals surface area contributed by atoms with E-state index < -0.39 is 22.0 Å². The molecule has 2 aromatic rings. The van der Waals surface area contributed by atoms with Crippen molar-refractivity contribution in [2.75, 3.05) is 4.72 Å². The van der Waals surface area contributed by atoms with Gasteiger partial charge < -0.3 is 10.2 Å². The first-order valence-electron chi connectivity index (χ1n) is 6.41. The predicted octanol–water partition coefficient (Wildman–Crippen LogP) is 2.19. The van der Waals surface area contributed by atoms with Crippen LogP contribution in [0.5, 0.6) is 0 Å². The molecule has 0 aliphatic carbocycles. The smallest absolute Gasteiger partial charge is 0.337 e. The molecule has 2 rings (SSSR count). The van der Waals surface area contributed by atoms with Gasteiger partial charge in [0.15, 0.2) is 0 Å². The third-order valence-electron chi connectivity index (χ3n) is 3.15. The van der Waals surface area contributed by atoms with Crippen molar-refractivity contribution in [3.8, 4) is 0 Å². The summed E-state index contributed by atoms with van der Waals surface area (Å²) in [5, 5.41) is 18.1. The van der Waals surface area contributed by atoms with Gasteiger partial charge in [-0.15, -0.1) is 0 Å². The molecule has 7 nitrogen and oxygen atoms in total. The molecule has 0 heterocycles. The molecule has 0 aliphatic rings. The maximum Gasteiger partial charge on any atom is 0.337 e. The summed E-state index contributed by atoms with van der Waals surface area (Å²) < 4.78 is 26.9. The van der Waals surface area contributed by atoms with Crippen LogP contribution in [-0.2, 0) is 10.0 Å². The molecule has 0 aliphatic heterocycles. The van der Waals surface area contributed by atoms with Gasteiger partial charge in [0.2, 0.25) is 0 Å². The summed E-state index contributed by atoms with van der Waals surface area (Å²) in [6, 6.07) is 9.20. The summed E-state index contributed by atoms with van der Waals surface area (Å²) in [7, 11) is -4.12. The molecule has 0 radical (unpaired) electrons. The highest BCUT2D eigenvalue weighted by Crippen LogP contribution is 2.22. The van der Waals surface area contributed by atoms with Crippen molar-refractivity contribution in [1.29, 1.82) is 0 Å². The third-order valence-corrected chi connectivity index (χ3v) is 4.51. The fourth-order valence-electron chi connectivity index (χ4n) is 1.96. The van der Waals surface area contributed by atoms with Crippen molar-refractivity contribution in [3.05, 3.63) is 59.2 Å². The summed E-state index contributed by atoms with van der Waals surface area (Å²) in [6.45, 7) is 1.55. The average molecular weight is 335 g/mol. The minimum absolute atomic E-state index is 0.0996. The topological polar surface area (TPSA) is 121 Å². The minimum atomic E-state index is -4.12. The van der Waals surface area contributed by atoms with E-state index in [2.05, 4.69) is 4.72 Å². The first-order valence-corrected chi connectivity index (χ1v) is 7.90. The molecule has 23 heavy (non-hydrogen) atoms. The van der Waals surface area contributed by atoms with Crippen molar-refractivity contribution in [1.82, 2.24) is 0 Å². The summed E-state index contributed by atoms with van der Waals surface area (Å²) in [5.41, 5.74) is -0.0270. The van der Waals surface area contributed by atoms with Gasteiger partial charge in [-0.3, -0.25) is 4.72 Å². The lowest BCUT2D eigenvalue weighted by Gasteiger charge is -2.11. The number of aromatic carboxylic acids is 2. The molecular formula is C15H13NO6S. The van der Waals surface area contributed by atoms with Crippen LogP contribution in [0.15, 0.2) is 47.4 Å². The van der Waals surface area contributed by atoms with Crippen LogP contribution in [0.3, 0.4) is 0 Å². The summed E-state index contributed by atoms with van der Waals surface area (Å²) >= 11 is 0. The summed E-state index contributed by atoms with van der Waals surface area (Å²) in [4.78, 5) is 22.0. The second kappa shape index (κ2) is 6.09. The van der Waals surface area contributed by atoms with Crippen LogP contribution in [0.2, 0.25) is 0 Å². The van der Waals surface area contributed by atoms with Crippen LogP contribution in [0.25, 0.3) is 0 Å². The Kier molecular flexibility index (Phi) is 4.37. The number of rotatable bonds is 5. The Labute approximate surface area is 132 Å². The van der Waals surface area contributed by atoms with Gasteiger partial charge in [0, 0.05) is 0 Å². The normalized spacial score (nSPS) is 11.0.